The van der Waals surface area contributed by atoms with Crippen molar-refractivity contribution in [3.63, 3.8) is 0 Å². The highest BCUT2D eigenvalue weighted by atomic mass is 32.2. The molecule has 2 saturated carbocycles. The maximum atomic E-state index is 14.1. The number of nitrogens with one attached hydrogen (secondary N) is 1. The fraction of sp³-hybridized carbons (Fsp3) is 0.500. The molecule has 2 aliphatic carbocycles. The van der Waals surface area contributed by atoms with Crippen molar-refractivity contribution in [1.29, 1.82) is 0 Å². The van der Waals surface area contributed by atoms with Gasteiger partial charge in [0.25, 0.3) is 32.2 Å². The molecule has 0 spiro atoms. The lowest BCUT2D eigenvalue weighted by atomic mass is 9.81. The van der Waals surface area contributed by atoms with Crippen molar-refractivity contribution in [3.05, 3.63) is 117 Å². The third-order valence-corrected chi connectivity index (χ3v) is 18.8. The first-order chi connectivity index (χ1) is 45.8. The van der Waals surface area contributed by atoms with Crippen LogP contribution in [-0.4, -0.2) is 170 Å². The van der Waals surface area contributed by atoms with Crippen molar-refractivity contribution in [2.75, 3.05) is 95.0 Å². The minimum atomic E-state index is -3.78. The number of nitrogens with two attached hydrogens (primary N) is 3. The Labute approximate surface area is 571 Å². The molecule has 0 saturated heterocycles. The molecule has 97 heavy (non-hydrogen) atoms. The normalized spacial score (nSPS) is 15.2. The van der Waals surface area contributed by atoms with Crippen LogP contribution < -0.4 is 30.2 Å². The van der Waals surface area contributed by atoms with Gasteiger partial charge >= 0.3 is 11.9 Å². The summed E-state index contributed by atoms with van der Waals surface area (Å²) < 4.78 is 80.8. The lowest BCUT2D eigenvalue weighted by Gasteiger charge is -2.24. The maximum Gasteiger partial charge on any atom is 0.338 e. The van der Waals surface area contributed by atoms with Crippen LogP contribution in [0.1, 0.15) is 161 Å². The van der Waals surface area contributed by atoms with E-state index in [9.17, 15) is 36.0 Å². The SMILES string of the molecule is CNCCOCCN(C)C(=O)C1=Cc2cc(OC)ccc2-c2c(C3CCCCC3)c3ccc(C(=O)OC(C)(C)C)cc3n2C1.COc1ccc2c(c1)C=C(C(=O)N(C)CCOCCN(C)S(N)(=O)=O)Cn1c-2c(C2CCCCC2)c2ccc(C(=O)OC(C)(C)C)cc21.NS(N)(=O)=O. The minimum absolute atomic E-state index is 0.0480. The highest BCUT2D eigenvalue weighted by molar-refractivity contribution is 7.87. The van der Waals surface area contributed by atoms with E-state index in [4.69, 9.17) is 33.6 Å². The Kier molecular flexibility index (Phi) is 25.2. The number of ether oxygens (including phenoxy) is 6. The molecule has 0 bridgehead atoms. The quantitative estimate of drug-likeness (QED) is 0.0385. The van der Waals surface area contributed by atoms with Crippen LogP contribution in [-0.2, 0) is 62.0 Å². The number of carbonyl (C=O) groups is 4. The second-order valence-electron chi connectivity index (χ2n) is 27.3. The number of hydrogen-bond donors (Lipinski definition) is 4. The summed E-state index contributed by atoms with van der Waals surface area (Å²) in [4.78, 5) is 57.9. The Morgan fingerprint density at radius 2 is 0.928 bits per heavy atom. The number of esters is 2. The second kappa shape index (κ2) is 32.5. The van der Waals surface area contributed by atoms with Gasteiger partial charge in [0.2, 0.25) is 0 Å². The third kappa shape index (κ3) is 19.7. The molecule has 25 heteroatoms. The number of fused-ring (bicyclic) bond motifs is 10. The number of nitrogens with zero attached hydrogens (tertiary/aromatic N) is 5. The molecule has 4 aliphatic rings. The molecule has 2 amide bonds. The summed E-state index contributed by atoms with van der Waals surface area (Å²) in [6, 6.07) is 23.9. The van der Waals surface area contributed by atoms with E-state index in [0.717, 1.165) is 111 Å². The van der Waals surface area contributed by atoms with Gasteiger partial charge < -0.3 is 52.7 Å². The zero-order valence-electron chi connectivity index (χ0n) is 58.4. The van der Waals surface area contributed by atoms with Crippen LogP contribution in [0.3, 0.4) is 0 Å². The van der Waals surface area contributed by atoms with E-state index in [1.54, 1.807) is 31.1 Å². The molecule has 23 nitrogen and oxygen atoms in total. The fourth-order valence-corrected chi connectivity index (χ4v) is 13.4. The number of benzene rings is 4. The lowest BCUT2D eigenvalue weighted by molar-refractivity contribution is -0.127. The molecule has 6 aromatic rings. The van der Waals surface area contributed by atoms with Crippen LogP contribution in [0.4, 0.5) is 0 Å². The molecule has 4 heterocycles. The number of rotatable bonds is 21. The summed E-state index contributed by atoms with van der Waals surface area (Å²) in [5.41, 5.74) is 11.5. The monoisotopic (exact) mass is 1380 g/mol. The van der Waals surface area contributed by atoms with Crippen LogP contribution in [0.5, 0.6) is 11.5 Å². The molecule has 0 atom stereocenters. The molecule has 2 fully saturated rings. The Morgan fingerprint density at radius 3 is 1.29 bits per heavy atom. The summed E-state index contributed by atoms with van der Waals surface area (Å²) in [6.07, 6.45) is 15.6. The highest BCUT2D eigenvalue weighted by Crippen LogP contribution is 2.49. The molecule has 10 rings (SSSR count). The number of carbonyl (C=O) groups excluding carboxylic acids is 4. The van der Waals surface area contributed by atoms with Crippen molar-refractivity contribution in [3.8, 4) is 34.0 Å². The zero-order chi connectivity index (χ0) is 70.7. The van der Waals surface area contributed by atoms with Gasteiger partial charge in [-0.05, 0) is 181 Å². The standard InChI is InChI=1S/C36H48N4O7S.C36H47N3O5.H4N2O2S/c1-36(2,3)47-35(42)25-12-14-30-31(22-25)40-23-27(34(41)38(4)16-18-46-19-17-39(5)48(37,43)44)20-26-21-28(45-6)13-15-29(26)33(40)32(30)24-10-8-7-9-11-24;1-36(2,3)44-35(41)25-12-14-30-31(22-25)39-23-27(34(40)38(5)17-19-43-18-16-37-4)20-26-21-28(42-6)13-15-29(26)33(39)32(30)24-10-8-7-9-11-24;1-5(2,3)4/h12-15,20-22,24H,7-11,16-19,23H2,1-6H3,(H2,37,43,44);12-15,20-22,24,37H,7-11,16-19,23H2,1-6H3;(H4,1,2,3,4). The molecule has 4 aromatic carbocycles. The van der Waals surface area contributed by atoms with Crippen LogP contribution in [0.25, 0.3) is 56.5 Å². The van der Waals surface area contributed by atoms with E-state index in [1.165, 1.54) is 43.9 Å². The Morgan fingerprint density at radius 1 is 0.546 bits per heavy atom. The van der Waals surface area contributed by atoms with E-state index in [0.29, 0.717) is 79.3 Å². The number of aromatic nitrogens is 2. The Bertz CT molecular complexity index is 4120. The predicted molar refractivity (Wildman–Crippen MR) is 380 cm³/mol. The third-order valence-electron chi connectivity index (χ3n) is 17.7. The Hall–Kier alpha value is -7.46. The summed E-state index contributed by atoms with van der Waals surface area (Å²) in [7, 11) is 2.67. The van der Waals surface area contributed by atoms with Gasteiger partial charge in [-0.15, -0.1) is 0 Å². The smallest absolute Gasteiger partial charge is 0.338 e. The molecule has 2 aromatic heterocycles. The van der Waals surface area contributed by atoms with Gasteiger partial charge in [-0.25, -0.2) is 25.0 Å². The summed E-state index contributed by atoms with van der Waals surface area (Å²) >= 11 is 0. The van der Waals surface area contributed by atoms with Gasteiger partial charge in [-0.2, -0.15) is 21.1 Å². The van der Waals surface area contributed by atoms with Crippen molar-refractivity contribution < 1.29 is 64.4 Å². The van der Waals surface area contributed by atoms with Crippen LogP contribution in [0.15, 0.2) is 83.9 Å². The average Bonchev–Trinajstić information content (AvgIpc) is 1.58. The lowest BCUT2D eigenvalue weighted by Crippen LogP contribution is -2.36. The van der Waals surface area contributed by atoms with Crippen LogP contribution in [0, 0.1) is 0 Å². The van der Waals surface area contributed by atoms with Crippen molar-refractivity contribution in [2.45, 2.75) is 142 Å². The number of hydrogen-bond acceptors (Lipinski definition) is 15. The van der Waals surface area contributed by atoms with E-state index in [-0.39, 0.29) is 43.5 Å². The number of methoxy groups -OCH3 is 2. The maximum absolute atomic E-state index is 14.1. The first kappa shape index (κ1) is 75.3. The van der Waals surface area contributed by atoms with Gasteiger partial charge in [0.15, 0.2) is 0 Å². The fourth-order valence-electron chi connectivity index (χ4n) is 13.1. The largest absolute Gasteiger partial charge is 0.497 e. The van der Waals surface area contributed by atoms with Crippen molar-refractivity contribution >= 4 is 78.1 Å². The molecular weight excluding hydrogens is 1280 g/mol. The minimum Gasteiger partial charge on any atom is -0.497 e. The second-order valence-corrected chi connectivity index (χ2v) is 30.1. The first-order valence-electron chi connectivity index (χ1n) is 33.2. The Balaban J connectivity index is 0.000000232. The van der Waals surface area contributed by atoms with E-state index < -0.39 is 31.6 Å². The molecule has 528 valence electrons. The van der Waals surface area contributed by atoms with E-state index in [1.807, 2.05) is 122 Å². The molecule has 0 radical (unpaired) electrons. The van der Waals surface area contributed by atoms with Gasteiger partial charge in [0, 0.05) is 91.4 Å². The topological polar surface area (TPSA) is 302 Å². The number of likely N-dealkylation sites (N-methyl/N-ethyl adjacent to an activating group) is 4. The molecule has 7 N–H and O–H groups in total. The average molecular weight is 1380 g/mol. The zero-order valence-corrected chi connectivity index (χ0v) is 60.0. The first-order valence-corrected chi connectivity index (χ1v) is 36.3. The van der Waals surface area contributed by atoms with Gasteiger partial charge in [-0.1, -0.05) is 50.7 Å². The van der Waals surface area contributed by atoms with Crippen molar-refractivity contribution in [2.24, 2.45) is 15.4 Å². The van der Waals surface area contributed by atoms with E-state index in [2.05, 4.69) is 42.9 Å². The van der Waals surface area contributed by atoms with Gasteiger partial charge in [0.05, 0.1) is 76.3 Å². The van der Waals surface area contributed by atoms with Crippen molar-refractivity contribution in [1.82, 2.24) is 28.6 Å². The van der Waals surface area contributed by atoms with Gasteiger partial charge in [-0.3, -0.25) is 9.59 Å². The summed E-state index contributed by atoms with van der Waals surface area (Å²) in [5, 5.41) is 18.6. The van der Waals surface area contributed by atoms with Crippen LogP contribution >= 0.6 is 0 Å². The molecule has 0 unspecified atom stereocenters. The highest BCUT2D eigenvalue weighted by Gasteiger charge is 2.34. The van der Waals surface area contributed by atoms with E-state index >= 15 is 0 Å². The van der Waals surface area contributed by atoms with Crippen LogP contribution in [0.2, 0.25) is 0 Å². The molecule has 2 aliphatic heterocycles. The summed E-state index contributed by atoms with van der Waals surface area (Å²) in [6.45, 7) is 15.0. The summed E-state index contributed by atoms with van der Waals surface area (Å²) in [5.74, 6) is 1.25. The number of amides is 2. The van der Waals surface area contributed by atoms with Gasteiger partial charge in [0.1, 0.15) is 22.7 Å². The predicted octanol–water partition coefficient (Wildman–Crippen LogP) is 9.89. The molecular formula is C72H99N9O14S2.